The monoisotopic (exact) mass is 639 g/mol. The van der Waals surface area contributed by atoms with Crippen molar-refractivity contribution in [3.8, 4) is 44.7 Å². The molecule has 0 spiro atoms. The summed E-state index contributed by atoms with van der Waals surface area (Å²) in [5, 5.41) is 3.58. The Balaban J connectivity index is 1.28. The Hall–Kier alpha value is -6.64. The van der Waals surface area contributed by atoms with Crippen molar-refractivity contribution in [1.29, 1.82) is 0 Å². The summed E-state index contributed by atoms with van der Waals surface area (Å²) in [7, 11) is 0. The van der Waals surface area contributed by atoms with Gasteiger partial charge in [0.1, 0.15) is 11.3 Å². The van der Waals surface area contributed by atoms with Gasteiger partial charge in [-0.3, -0.25) is 0 Å². The van der Waals surface area contributed by atoms with E-state index >= 15 is 0 Å². The summed E-state index contributed by atoms with van der Waals surface area (Å²) < 4.78 is 6.81. The van der Waals surface area contributed by atoms with Crippen LogP contribution in [-0.2, 0) is 0 Å². The van der Waals surface area contributed by atoms with Crippen LogP contribution < -0.4 is 4.90 Å². The van der Waals surface area contributed by atoms with Crippen LogP contribution in [0, 0.1) is 0 Å². The van der Waals surface area contributed by atoms with Crippen LogP contribution >= 0.6 is 0 Å². The topological polar surface area (TPSA) is 16.4 Å². The zero-order chi connectivity index (χ0) is 33.3. The summed E-state index contributed by atoms with van der Waals surface area (Å²) in [5.41, 5.74) is 12.0. The Morgan fingerprint density at radius 1 is 0.340 bits per heavy atom. The maximum atomic E-state index is 6.81. The molecule has 0 aliphatic rings. The third-order valence-electron chi connectivity index (χ3n) is 9.50. The van der Waals surface area contributed by atoms with Crippen LogP contribution in [0.2, 0.25) is 0 Å². The van der Waals surface area contributed by atoms with Crippen molar-refractivity contribution in [3.05, 3.63) is 200 Å². The highest BCUT2D eigenvalue weighted by molar-refractivity contribution is 6.05. The van der Waals surface area contributed by atoms with E-state index in [1.807, 2.05) is 6.07 Å². The van der Waals surface area contributed by atoms with Crippen molar-refractivity contribution >= 4 is 38.8 Å². The number of rotatable bonds is 7. The predicted molar refractivity (Wildman–Crippen MR) is 210 cm³/mol. The van der Waals surface area contributed by atoms with E-state index in [9.17, 15) is 0 Å². The Kier molecular flexibility index (Phi) is 7.53. The third-order valence-corrected chi connectivity index (χ3v) is 9.50. The fourth-order valence-corrected chi connectivity index (χ4v) is 7.19. The quantitative estimate of drug-likeness (QED) is 0.173. The van der Waals surface area contributed by atoms with E-state index in [1.54, 1.807) is 0 Å². The van der Waals surface area contributed by atoms with Gasteiger partial charge in [0, 0.05) is 27.8 Å². The Morgan fingerprint density at radius 2 is 0.860 bits per heavy atom. The maximum Gasteiger partial charge on any atom is 0.145 e. The molecule has 9 aromatic rings. The Labute approximate surface area is 292 Å². The zero-order valence-corrected chi connectivity index (χ0v) is 27.4. The van der Waals surface area contributed by atoms with Crippen molar-refractivity contribution in [1.82, 2.24) is 0 Å². The minimum atomic E-state index is 0.850. The summed E-state index contributed by atoms with van der Waals surface area (Å²) in [6.45, 7) is 0. The lowest BCUT2D eigenvalue weighted by Gasteiger charge is -2.29. The molecule has 1 aromatic heterocycles. The molecule has 0 unspecified atom stereocenters. The number of fused-ring (bicyclic) bond motifs is 2. The molecule has 0 amide bonds. The standard InChI is InChI=1S/C48H33NO/c1-3-16-35(17-4-1)41-23-9-12-27-44(41)49(38-32-30-36(31-33-38)40-26-15-21-34-18-7-8-22-39(34)40)45-28-13-10-24-42(45)48-47(37-19-5-2-6-20-37)43-25-11-14-29-46(43)50-48/h1-33H. The lowest BCUT2D eigenvalue weighted by atomic mass is 9.96. The molecule has 236 valence electrons. The first-order valence-electron chi connectivity index (χ1n) is 17.0. The summed E-state index contributed by atoms with van der Waals surface area (Å²) in [5.74, 6) is 0.850. The van der Waals surface area contributed by atoms with Crippen molar-refractivity contribution in [2.75, 3.05) is 4.90 Å². The van der Waals surface area contributed by atoms with E-state index in [2.05, 4.69) is 199 Å². The summed E-state index contributed by atoms with van der Waals surface area (Å²) in [6.07, 6.45) is 0. The van der Waals surface area contributed by atoms with Crippen LogP contribution in [0.15, 0.2) is 205 Å². The van der Waals surface area contributed by atoms with Crippen LogP contribution in [0.4, 0.5) is 17.1 Å². The van der Waals surface area contributed by atoms with Crippen LogP contribution in [-0.4, -0.2) is 0 Å². The largest absolute Gasteiger partial charge is 0.455 e. The highest BCUT2D eigenvalue weighted by Gasteiger charge is 2.25. The zero-order valence-electron chi connectivity index (χ0n) is 27.4. The highest BCUT2D eigenvalue weighted by atomic mass is 16.3. The van der Waals surface area contributed by atoms with Gasteiger partial charge in [-0.05, 0) is 69.4 Å². The van der Waals surface area contributed by atoms with Gasteiger partial charge >= 0.3 is 0 Å². The average molecular weight is 640 g/mol. The van der Waals surface area contributed by atoms with Gasteiger partial charge < -0.3 is 9.32 Å². The molecule has 2 nitrogen and oxygen atoms in total. The SMILES string of the molecule is c1ccc(-c2ccccc2N(c2ccc(-c3cccc4ccccc34)cc2)c2ccccc2-c2oc3ccccc3c2-c2ccccc2)cc1. The van der Waals surface area contributed by atoms with E-state index in [-0.39, 0.29) is 0 Å². The Bertz CT molecular complexity index is 2580. The predicted octanol–water partition coefficient (Wildman–Crippen LogP) is 13.7. The average Bonchev–Trinajstić information content (AvgIpc) is 3.59. The molecule has 0 aliphatic heterocycles. The van der Waals surface area contributed by atoms with Gasteiger partial charge in [0.2, 0.25) is 0 Å². The molecule has 0 aliphatic carbocycles. The van der Waals surface area contributed by atoms with Crippen molar-refractivity contribution in [2.45, 2.75) is 0 Å². The normalized spacial score (nSPS) is 11.2. The van der Waals surface area contributed by atoms with Gasteiger partial charge in [0.05, 0.1) is 11.4 Å². The number of benzene rings is 8. The second-order valence-electron chi connectivity index (χ2n) is 12.5. The van der Waals surface area contributed by atoms with Crippen LogP contribution in [0.5, 0.6) is 0 Å². The van der Waals surface area contributed by atoms with E-state index in [0.29, 0.717) is 0 Å². The van der Waals surface area contributed by atoms with E-state index in [4.69, 9.17) is 4.42 Å². The Morgan fingerprint density at radius 3 is 1.62 bits per heavy atom. The summed E-state index contributed by atoms with van der Waals surface area (Å²) in [4.78, 5) is 2.38. The minimum Gasteiger partial charge on any atom is -0.455 e. The van der Waals surface area contributed by atoms with Crippen LogP contribution in [0.1, 0.15) is 0 Å². The molecule has 8 aromatic carbocycles. The van der Waals surface area contributed by atoms with E-state index in [0.717, 1.165) is 61.6 Å². The van der Waals surface area contributed by atoms with Gasteiger partial charge in [0.25, 0.3) is 0 Å². The molecule has 0 saturated heterocycles. The van der Waals surface area contributed by atoms with Gasteiger partial charge in [-0.25, -0.2) is 0 Å². The highest BCUT2D eigenvalue weighted by Crippen LogP contribution is 2.49. The first-order chi connectivity index (χ1) is 24.8. The van der Waals surface area contributed by atoms with Crippen LogP contribution in [0.3, 0.4) is 0 Å². The van der Waals surface area contributed by atoms with Crippen molar-refractivity contribution < 1.29 is 4.42 Å². The van der Waals surface area contributed by atoms with Crippen LogP contribution in [0.25, 0.3) is 66.4 Å². The number of hydrogen-bond donors (Lipinski definition) is 0. The smallest absolute Gasteiger partial charge is 0.145 e. The maximum absolute atomic E-state index is 6.81. The molecule has 0 radical (unpaired) electrons. The first-order valence-corrected chi connectivity index (χ1v) is 17.0. The first kappa shape index (κ1) is 29.5. The number of hydrogen-bond acceptors (Lipinski definition) is 2. The number of anilines is 3. The van der Waals surface area contributed by atoms with Crippen molar-refractivity contribution in [2.24, 2.45) is 0 Å². The molecule has 0 fully saturated rings. The summed E-state index contributed by atoms with van der Waals surface area (Å²) in [6, 6.07) is 70.9. The van der Waals surface area contributed by atoms with E-state index < -0.39 is 0 Å². The van der Waals surface area contributed by atoms with Crippen molar-refractivity contribution in [3.63, 3.8) is 0 Å². The molecule has 0 saturated carbocycles. The second-order valence-corrected chi connectivity index (χ2v) is 12.5. The number of nitrogens with zero attached hydrogens (tertiary/aromatic N) is 1. The van der Waals surface area contributed by atoms with Gasteiger partial charge in [-0.15, -0.1) is 0 Å². The van der Waals surface area contributed by atoms with Gasteiger partial charge in [-0.1, -0.05) is 164 Å². The fraction of sp³-hybridized carbons (Fsp3) is 0. The van der Waals surface area contributed by atoms with Gasteiger partial charge in [0.15, 0.2) is 0 Å². The fourth-order valence-electron chi connectivity index (χ4n) is 7.19. The number of para-hydroxylation sites is 3. The minimum absolute atomic E-state index is 0.850. The molecule has 2 heteroatoms. The lowest BCUT2D eigenvalue weighted by Crippen LogP contribution is -2.12. The molecule has 9 rings (SSSR count). The molecular formula is C48H33NO. The third kappa shape index (κ3) is 5.24. The molecule has 50 heavy (non-hydrogen) atoms. The summed E-state index contributed by atoms with van der Waals surface area (Å²) >= 11 is 0. The number of furan rings is 1. The molecule has 0 bridgehead atoms. The van der Waals surface area contributed by atoms with Gasteiger partial charge in [-0.2, -0.15) is 0 Å². The van der Waals surface area contributed by atoms with E-state index in [1.165, 1.54) is 21.9 Å². The molecule has 0 N–H and O–H groups in total. The lowest BCUT2D eigenvalue weighted by molar-refractivity contribution is 0.632. The molecule has 0 atom stereocenters. The second kappa shape index (κ2) is 12.8. The molecule has 1 heterocycles. The molecular weight excluding hydrogens is 607 g/mol.